The zero-order chi connectivity index (χ0) is 13.7. The average Bonchev–Trinajstić information content (AvgIpc) is 2.27. The molecule has 0 bridgehead atoms. The van der Waals surface area contributed by atoms with Crippen LogP contribution in [0.4, 0.5) is 5.69 Å². The van der Waals surface area contributed by atoms with Crippen molar-refractivity contribution in [3.05, 3.63) is 29.8 Å². The van der Waals surface area contributed by atoms with Crippen LogP contribution in [0.25, 0.3) is 0 Å². The van der Waals surface area contributed by atoms with Gasteiger partial charge in [-0.1, -0.05) is 26.0 Å². The normalized spacial score (nSPS) is 11.6. The third-order valence-electron chi connectivity index (χ3n) is 2.71. The molecule has 1 amide bonds. The summed E-state index contributed by atoms with van der Waals surface area (Å²) in [6.45, 7) is 4.72. The van der Waals surface area contributed by atoms with Crippen molar-refractivity contribution in [2.75, 3.05) is 19.4 Å². The quantitative estimate of drug-likeness (QED) is 0.876. The van der Waals surface area contributed by atoms with E-state index in [1.807, 2.05) is 52.2 Å². The number of halogens is 2. The molecule has 116 valence electrons. The monoisotopic (exact) mass is 321 g/mol. The fourth-order valence-electron chi connectivity index (χ4n) is 1.64. The first-order chi connectivity index (χ1) is 8.40. The highest BCUT2D eigenvalue weighted by Gasteiger charge is 2.17. The third-order valence-corrected chi connectivity index (χ3v) is 2.71. The first-order valence-electron chi connectivity index (χ1n) is 6.20. The van der Waals surface area contributed by atoms with Crippen LogP contribution in [0, 0.1) is 5.92 Å². The van der Waals surface area contributed by atoms with Crippen LogP contribution < -0.4 is 11.1 Å². The van der Waals surface area contributed by atoms with Crippen molar-refractivity contribution in [2.24, 2.45) is 11.7 Å². The predicted molar refractivity (Wildman–Crippen MR) is 89.8 cm³/mol. The second kappa shape index (κ2) is 10.00. The molecule has 3 N–H and O–H groups in total. The Morgan fingerprint density at radius 2 is 1.90 bits per heavy atom. The summed E-state index contributed by atoms with van der Waals surface area (Å²) < 4.78 is 0. The lowest BCUT2D eigenvalue weighted by Gasteiger charge is -2.16. The molecule has 0 saturated carbocycles. The van der Waals surface area contributed by atoms with Crippen LogP contribution in [0.2, 0.25) is 0 Å². The predicted octanol–water partition coefficient (Wildman–Crippen LogP) is 2.51. The number of nitrogens with two attached hydrogens (primary N) is 1. The number of benzene rings is 1. The topological polar surface area (TPSA) is 58.4 Å². The fourth-order valence-corrected chi connectivity index (χ4v) is 1.64. The van der Waals surface area contributed by atoms with Crippen molar-refractivity contribution < 1.29 is 4.79 Å². The van der Waals surface area contributed by atoms with E-state index in [1.54, 1.807) is 0 Å². The highest BCUT2D eigenvalue weighted by atomic mass is 35.5. The van der Waals surface area contributed by atoms with Crippen LogP contribution in [-0.4, -0.2) is 30.9 Å². The Labute approximate surface area is 133 Å². The third kappa shape index (κ3) is 7.10. The summed E-state index contributed by atoms with van der Waals surface area (Å²) in [6, 6.07) is 7.37. The molecular formula is C14H25Cl2N3O. The van der Waals surface area contributed by atoms with E-state index in [4.69, 9.17) is 5.73 Å². The van der Waals surface area contributed by atoms with Gasteiger partial charge in [-0.15, -0.1) is 24.8 Å². The molecule has 0 aliphatic carbocycles. The summed E-state index contributed by atoms with van der Waals surface area (Å²) in [7, 11) is 4.03. The maximum atomic E-state index is 11.8. The summed E-state index contributed by atoms with van der Waals surface area (Å²) in [5.74, 6) is 0.00182. The van der Waals surface area contributed by atoms with Crippen molar-refractivity contribution in [3.8, 4) is 0 Å². The van der Waals surface area contributed by atoms with Gasteiger partial charge in [0, 0.05) is 12.2 Å². The minimum Gasteiger partial charge on any atom is -0.325 e. The van der Waals surface area contributed by atoms with Crippen molar-refractivity contribution in [3.63, 3.8) is 0 Å². The van der Waals surface area contributed by atoms with Crippen LogP contribution in [0.3, 0.4) is 0 Å². The molecule has 1 rings (SSSR count). The minimum atomic E-state index is -0.470. The van der Waals surface area contributed by atoms with Gasteiger partial charge in [-0.3, -0.25) is 4.79 Å². The fraction of sp³-hybridized carbons (Fsp3) is 0.500. The standard InChI is InChI=1S/C14H23N3O.2ClH/c1-10(2)13(15)14(18)16-12-7-5-6-11(8-12)9-17(3)4;;/h5-8,10,13H,9,15H2,1-4H3,(H,16,18);2*1H/t13-;;/m0../s1. The molecule has 0 spiro atoms. The Morgan fingerprint density at radius 3 is 2.40 bits per heavy atom. The van der Waals surface area contributed by atoms with Gasteiger partial charge in [0.05, 0.1) is 6.04 Å². The Morgan fingerprint density at radius 1 is 1.30 bits per heavy atom. The Kier molecular flexibility index (Phi) is 10.7. The Balaban J connectivity index is 0. The molecule has 0 aromatic heterocycles. The molecule has 1 aromatic rings. The minimum absolute atomic E-state index is 0. The summed E-state index contributed by atoms with van der Waals surface area (Å²) in [5.41, 5.74) is 7.77. The number of carbonyl (C=O) groups is 1. The van der Waals surface area contributed by atoms with E-state index in [1.165, 1.54) is 0 Å². The Hall–Kier alpha value is -0.810. The van der Waals surface area contributed by atoms with E-state index in [2.05, 4.69) is 10.2 Å². The van der Waals surface area contributed by atoms with Crippen LogP contribution in [0.1, 0.15) is 19.4 Å². The van der Waals surface area contributed by atoms with Crippen molar-refractivity contribution in [2.45, 2.75) is 26.4 Å². The number of hydrogen-bond acceptors (Lipinski definition) is 3. The van der Waals surface area contributed by atoms with E-state index in [0.717, 1.165) is 17.8 Å². The number of hydrogen-bond donors (Lipinski definition) is 2. The molecule has 1 atom stereocenters. The number of carbonyl (C=O) groups excluding carboxylic acids is 1. The zero-order valence-corrected chi connectivity index (χ0v) is 14.1. The molecule has 4 nitrogen and oxygen atoms in total. The van der Waals surface area contributed by atoms with E-state index in [9.17, 15) is 4.79 Å². The molecule has 0 aliphatic rings. The SMILES string of the molecule is CC(C)[C@H](N)C(=O)Nc1cccc(CN(C)C)c1.Cl.Cl. The van der Waals surface area contributed by atoms with Crippen LogP contribution >= 0.6 is 24.8 Å². The van der Waals surface area contributed by atoms with Gasteiger partial charge < -0.3 is 16.0 Å². The molecule has 6 heteroatoms. The molecule has 0 radical (unpaired) electrons. The van der Waals surface area contributed by atoms with Gasteiger partial charge >= 0.3 is 0 Å². The van der Waals surface area contributed by atoms with Crippen LogP contribution in [0.5, 0.6) is 0 Å². The second-order valence-electron chi connectivity index (χ2n) is 5.20. The van der Waals surface area contributed by atoms with Crippen molar-refractivity contribution >= 4 is 36.4 Å². The number of amides is 1. The van der Waals surface area contributed by atoms with Gasteiger partial charge in [-0.25, -0.2) is 0 Å². The molecule has 0 unspecified atom stereocenters. The van der Waals surface area contributed by atoms with E-state index in [0.29, 0.717) is 0 Å². The molecule has 0 fully saturated rings. The van der Waals surface area contributed by atoms with Gasteiger partial charge in [0.15, 0.2) is 0 Å². The molecular weight excluding hydrogens is 297 g/mol. The van der Waals surface area contributed by atoms with E-state index < -0.39 is 6.04 Å². The van der Waals surface area contributed by atoms with Gasteiger partial charge in [0.1, 0.15) is 0 Å². The molecule has 1 aromatic carbocycles. The highest BCUT2D eigenvalue weighted by Crippen LogP contribution is 2.13. The average molecular weight is 322 g/mol. The number of rotatable bonds is 5. The second-order valence-corrected chi connectivity index (χ2v) is 5.20. The molecule has 0 aliphatic heterocycles. The van der Waals surface area contributed by atoms with Gasteiger partial charge in [-0.2, -0.15) is 0 Å². The number of nitrogens with zero attached hydrogens (tertiary/aromatic N) is 1. The summed E-state index contributed by atoms with van der Waals surface area (Å²) in [4.78, 5) is 13.9. The smallest absolute Gasteiger partial charge is 0.241 e. The first-order valence-corrected chi connectivity index (χ1v) is 6.20. The van der Waals surface area contributed by atoms with Crippen LogP contribution in [0.15, 0.2) is 24.3 Å². The molecule has 20 heavy (non-hydrogen) atoms. The van der Waals surface area contributed by atoms with Gasteiger partial charge in [0.25, 0.3) is 0 Å². The van der Waals surface area contributed by atoms with E-state index in [-0.39, 0.29) is 36.6 Å². The van der Waals surface area contributed by atoms with Crippen LogP contribution in [-0.2, 0) is 11.3 Å². The van der Waals surface area contributed by atoms with Gasteiger partial charge in [-0.05, 0) is 37.7 Å². The highest BCUT2D eigenvalue weighted by molar-refractivity contribution is 5.94. The number of anilines is 1. The molecule has 0 saturated heterocycles. The maximum Gasteiger partial charge on any atom is 0.241 e. The largest absolute Gasteiger partial charge is 0.325 e. The molecule has 0 heterocycles. The van der Waals surface area contributed by atoms with Gasteiger partial charge in [0.2, 0.25) is 5.91 Å². The lowest BCUT2D eigenvalue weighted by molar-refractivity contribution is -0.118. The Bertz CT molecular complexity index is 411. The lowest BCUT2D eigenvalue weighted by Crippen LogP contribution is -2.39. The zero-order valence-electron chi connectivity index (χ0n) is 12.4. The summed E-state index contributed by atoms with van der Waals surface area (Å²) in [6.07, 6.45) is 0. The summed E-state index contributed by atoms with van der Waals surface area (Å²) in [5, 5.41) is 2.85. The van der Waals surface area contributed by atoms with Crippen molar-refractivity contribution in [1.29, 1.82) is 0 Å². The number of nitrogens with one attached hydrogen (secondary N) is 1. The first kappa shape index (κ1) is 21.5. The van der Waals surface area contributed by atoms with Crippen molar-refractivity contribution in [1.82, 2.24) is 4.90 Å². The lowest BCUT2D eigenvalue weighted by atomic mass is 10.0. The summed E-state index contributed by atoms with van der Waals surface area (Å²) >= 11 is 0. The van der Waals surface area contributed by atoms with E-state index >= 15 is 0 Å². The maximum absolute atomic E-state index is 11.8.